The van der Waals surface area contributed by atoms with E-state index in [4.69, 9.17) is 16.3 Å². The minimum atomic E-state index is -0.744. The van der Waals surface area contributed by atoms with Crippen molar-refractivity contribution >= 4 is 35.9 Å². The number of carbonyl (C=O) groups excluding carboxylic acids is 2. The quantitative estimate of drug-likeness (QED) is 0.340. The van der Waals surface area contributed by atoms with Crippen molar-refractivity contribution in [1.82, 2.24) is 4.90 Å². The highest BCUT2D eigenvalue weighted by Gasteiger charge is 2.19. The van der Waals surface area contributed by atoms with Crippen molar-refractivity contribution in [2.24, 2.45) is 0 Å². The van der Waals surface area contributed by atoms with E-state index >= 15 is 0 Å². The van der Waals surface area contributed by atoms with Gasteiger partial charge in [0.05, 0.1) is 20.3 Å². The van der Waals surface area contributed by atoms with E-state index in [9.17, 15) is 14.7 Å². The van der Waals surface area contributed by atoms with Crippen molar-refractivity contribution in [2.45, 2.75) is 25.5 Å². The molecule has 0 radical (unpaired) electrons. The summed E-state index contributed by atoms with van der Waals surface area (Å²) >= 11 is 6.07. The average molecular weight is 512 g/mol. The molecule has 186 valence electrons. The third-order valence-electron chi connectivity index (χ3n) is 5.10. The molecule has 0 heterocycles. The normalized spacial score (nSPS) is 12.6. The number of carbonyl (C=O) groups is 2. The van der Waals surface area contributed by atoms with Gasteiger partial charge in [-0.25, -0.2) is 9.59 Å². The number of rotatable bonds is 12. The molecule has 2 rings (SSSR count). The molecule has 2 aromatic carbocycles. The van der Waals surface area contributed by atoms with E-state index in [-0.39, 0.29) is 25.1 Å². The van der Waals surface area contributed by atoms with Crippen LogP contribution in [0.25, 0.3) is 0 Å². The van der Waals surface area contributed by atoms with Gasteiger partial charge in [0.25, 0.3) is 0 Å². The predicted molar refractivity (Wildman–Crippen MR) is 134 cm³/mol. The maximum absolute atomic E-state index is 11.4. The Morgan fingerprint density at radius 1 is 1.12 bits per heavy atom. The number of nitrogens with zero attached hydrogens (tertiary/aromatic N) is 1. The second-order valence-electron chi connectivity index (χ2n) is 7.51. The molecule has 1 N–H and O–H groups in total. The van der Waals surface area contributed by atoms with Crippen LogP contribution in [-0.2, 0) is 25.5 Å². The third-order valence-corrected chi connectivity index (χ3v) is 5.33. The molecule has 1 unspecified atom stereocenters. The monoisotopic (exact) mass is 511 g/mol. The molecule has 0 saturated carbocycles. The summed E-state index contributed by atoms with van der Waals surface area (Å²) in [6.45, 7) is 2.72. The van der Waals surface area contributed by atoms with Crippen LogP contribution >= 0.6 is 24.0 Å². The summed E-state index contributed by atoms with van der Waals surface area (Å²) in [5, 5.41) is 11.3. The summed E-state index contributed by atoms with van der Waals surface area (Å²) in [6, 6.07) is 14.6. The SMILES string of the molecule is COC(=O)C=CCN(C[C@@H](O)c1cccc(Cl)c1)C(C)Cc1ccc(OCC(=O)OC)cc1.Cl. The first-order valence-electron chi connectivity index (χ1n) is 10.5. The van der Waals surface area contributed by atoms with Gasteiger partial charge >= 0.3 is 11.9 Å². The maximum atomic E-state index is 11.4. The van der Waals surface area contributed by atoms with Gasteiger partial charge < -0.3 is 19.3 Å². The van der Waals surface area contributed by atoms with Crippen molar-refractivity contribution < 1.29 is 28.9 Å². The molecule has 0 saturated heterocycles. The first-order chi connectivity index (χ1) is 15.8. The van der Waals surface area contributed by atoms with E-state index in [1.807, 2.05) is 18.2 Å². The molecule has 0 aliphatic carbocycles. The molecule has 0 fully saturated rings. The molecular weight excluding hydrogens is 481 g/mol. The van der Waals surface area contributed by atoms with Crippen molar-refractivity contribution in [1.29, 1.82) is 0 Å². The molecule has 34 heavy (non-hydrogen) atoms. The van der Waals surface area contributed by atoms with Gasteiger partial charge in [0.15, 0.2) is 6.61 Å². The van der Waals surface area contributed by atoms with Crippen LogP contribution in [-0.4, -0.2) is 61.9 Å². The fourth-order valence-electron chi connectivity index (χ4n) is 3.22. The Morgan fingerprint density at radius 2 is 1.82 bits per heavy atom. The van der Waals surface area contributed by atoms with E-state index < -0.39 is 18.0 Å². The van der Waals surface area contributed by atoms with Gasteiger partial charge in [-0.3, -0.25) is 4.90 Å². The van der Waals surface area contributed by atoms with Crippen molar-refractivity contribution in [3.8, 4) is 5.75 Å². The first kappa shape index (κ1) is 29.5. The van der Waals surface area contributed by atoms with Gasteiger partial charge in [0.2, 0.25) is 0 Å². The molecule has 0 amide bonds. The van der Waals surface area contributed by atoms with Crippen LogP contribution in [0.1, 0.15) is 24.2 Å². The van der Waals surface area contributed by atoms with Gasteiger partial charge in [-0.2, -0.15) is 0 Å². The Kier molecular flexibility index (Phi) is 13.3. The van der Waals surface area contributed by atoms with Crippen molar-refractivity contribution in [3.05, 3.63) is 76.8 Å². The fourth-order valence-corrected chi connectivity index (χ4v) is 3.42. The lowest BCUT2D eigenvalue weighted by Crippen LogP contribution is -2.38. The molecule has 0 aliphatic rings. The van der Waals surface area contributed by atoms with Gasteiger partial charge in [0, 0.05) is 30.2 Å². The highest BCUT2D eigenvalue weighted by atomic mass is 35.5. The summed E-state index contributed by atoms with van der Waals surface area (Å²) in [5.41, 5.74) is 1.79. The Labute approximate surface area is 211 Å². The average Bonchev–Trinajstić information content (AvgIpc) is 2.82. The van der Waals surface area contributed by atoms with Crippen LogP contribution in [0.15, 0.2) is 60.7 Å². The number of aliphatic hydroxyl groups excluding tert-OH is 1. The fraction of sp³-hybridized carbons (Fsp3) is 0.360. The van der Waals surface area contributed by atoms with Crippen LogP contribution in [0, 0.1) is 0 Å². The molecular formula is C25H31Cl2NO6. The number of esters is 2. The second-order valence-corrected chi connectivity index (χ2v) is 7.95. The van der Waals surface area contributed by atoms with Crippen LogP contribution in [0.4, 0.5) is 0 Å². The van der Waals surface area contributed by atoms with Crippen LogP contribution < -0.4 is 4.74 Å². The summed E-state index contributed by atoms with van der Waals surface area (Å²) in [6.07, 6.45) is 3.05. The van der Waals surface area contributed by atoms with E-state index in [0.29, 0.717) is 30.3 Å². The lowest BCUT2D eigenvalue weighted by molar-refractivity contribution is -0.143. The zero-order chi connectivity index (χ0) is 24.2. The van der Waals surface area contributed by atoms with Gasteiger partial charge in [-0.05, 0) is 48.7 Å². The molecule has 0 bridgehead atoms. The molecule has 2 aromatic rings. The standard InChI is InChI=1S/C25H30ClNO6.ClH/c1-18(14-19-9-11-22(12-10-19)33-17-25(30)32-3)27(13-5-8-24(29)31-2)16-23(28)20-6-4-7-21(26)15-20;/h4-12,15,18,23,28H,13-14,16-17H2,1-3H3;1H/t18?,23-;/m1./s1. The number of aliphatic hydroxyl groups is 1. The van der Waals surface area contributed by atoms with Crippen LogP contribution in [0.2, 0.25) is 5.02 Å². The lowest BCUT2D eigenvalue weighted by atomic mass is 10.0. The van der Waals surface area contributed by atoms with E-state index in [0.717, 1.165) is 11.1 Å². The second kappa shape index (κ2) is 15.3. The van der Waals surface area contributed by atoms with E-state index in [1.165, 1.54) is 20.3 Å². The largest absolute Gasteiger partial charge is 0.482 e. The highest BCUT2D eigenvalue weighted by molar-refractivity contribution is 6.30. The topological polar surface area (TPSA) is 85.3 Å². The summed E-state index contributed by atoms with van der Waals surface area (Å²) < 4.78 is 14.6. The number of ether oxygens (including phenoxy) is 3. The van der Waals surface area contributed by atoms with Crippen molar-refractivity contribution in [3.63, 3.8) is 0 Å². The molecule has 0 aromatic heterocycles. The number of benzene rings is 2. The Hall–Kier alpha value is -2.58. The number of hydrogen-bond donors (Lipinski definition) is 1. The zero-order valence-electron chi connectivity index (χ0n) is 19.5. The lowest BCUT2D eigenvalue weighted by Gasteiger charge is -2.30. The number of hydrogen-bond acceptors (Lipinski definition) is 7. The first-order valence-corrected chi connectivity index (χ1v) is 10.9. The van der Waals surface area contributed by atoms with Crippen molar-refractivity contribution in [2.75, 3.05) is 33.9 Å². The van der Waals surface area contributed by atoms with E-state index in [1.54, 1.807) is 36.4 Å². The van der Waals surface area contributed by atoms with Gasteiger partial charge in [-0.15, -0.1) is 12.4 Å². The molecule has 7 nitrogen and oxygen atoms in total. The van der Waals surface area contributed by atoms with Gasteiger partial charge in [-0.1, -0.05) is 41.9 Å². The molecule has 0 aliphatic heterocycles. The smallest absolute Gasteiger partial charge is 0.343 e. The summed E-state index contributed by atoms with van der Waals surface area (Å²) in [4.78, 5) is 24.7. The maximum Gasteiger partial charge on any atom is 0.343 e. The highest BCUT2D eigenvalue weighted by Crippen LogP contribution is 2.21. The summed E-state index contributed by atoms with van der Waals surface area (Å²) in [5.74, 6) is -0.298. The minimum Gasteiger partial charge on any atom is -0.482 e. The zero-order valence-corrected chi connectivity index (χ0v) is 21.1. The Bertz CT molecular complexity index is 935. The van der Waals surface area contributed by atoms with Crippen LogP contribution in [0.5, 0.6) is 5.75 Å². The number of halogens is 2. The third kappa shape index (κ3) is 10.1. The minimum absolute atomic E-state index is 0. The van der Waals surface area contributed by atoms with Crippen LogP contribution in [0.3, 0.4) is 0 Å². The Balaban J connectivity index is 0.00000578. The Morgan fingerprint density at radius 3 is 2.44 bits per heavy atom. The molecule has 9 heteroatoms. The molecule has 0 spiro atoms. The molecule has 2 atom stereocenters. The van der Waals surface area contributed by atoms with Gasteiger partial charge in [0.1, 0.15) is 5.75 Å². The number of methoxy groups -OCH3 is 2. The predicted octanol–water partition coefficient (Wildman–Crippen LogP) is 4.01. The van der Waals surface area contributed by atoms with E-state index in [2.05, 4.69) is 21.3 Å². The summed E-state index contributed by atoms with van der Waals surface area (Å²) in [7, 11) is 2.64.